The summed E-state index contributed by atoms with van der Waals surface area (Å²) in [4.78, 5) is 14.3. The first-order valence-corrected chi connectivity index (χ1v) is 8.14. The van der Waals surface area contributed by atoms with Crippen LogP contribution in [0, 0.1) is 0 Å². The van der Waals surface area contributed by atoms with Crippen LogP contribution in [0.1, 0.15) is 43.2 Å². The smallest absolute Gasteiger partial charge is 0.334 e. The summed E-state index contributed by atoms with van der Waals surface area (Å²) in [6, 6.07) is 5.67. The fraction of sp³-hybridized carbons (Fsp3) is 0.588. The molecule has 1 aromatic carbocycles. The van der Waals surface area contributed by atoms with Gasteiger partial charge in [-0.05, 0) is 43.5 Å². The Hall–Kier alpha value is -1.56. The minimum atomic E-state index is -4.35. The zero-order valence-electron chi connectivity index (χ0n) is 12.9. The van der Waals surface area contributed by atoms with Gasteiger partial charge in [0.05, 0.1) is 5.56 Å². The molecule has 23 heavy (non-hydrogen) atoms. The zero-order chi connectivity index (χ0) is 16.4. The maximum absolute atomic E-state index is 12.9. The molecular formula is C17H21F3N2O. The van der Waals surface area contributed by atoms with Gasteiger partial charge in [-0.3, -0.25) is 4.79 Å². The van der Waals surface area contributed by atoms with Crippen LogP contribution in [0.25, 0.3) is 0 Å². The largest absolute Gasteiger partial charge is 0.416 e. The lowest BCUT2D eigenvalue weighted by atomic mass is 9.96. The number of benzene rings is 1. The number of carbonyl (C=O) groups excluding carboxylic acids is 1. The molecule has 0 saturated carbocycles. The summed E-state index contributed by atoms with van der Waals surface area (Å²) >= 11 is 0. The van der Waals surface area contributed by atoms with E-state index in [0.29, 0.717) is 12.0 Å². The first kappa shape index (κ1) is 16.3. The van der Waals surface area contributed by atoms with Gasteiger partial charge in [0.2, 0.25) is 5.91 Å². The van der Waals surface area contributed by atoms with Crippen molar-refractivity contribution in [1.82, 2.24) is 10.2 Å². The molecular weight excluding hydrogens is 305 g/mol. The van der Waals surface area contributed by atoms with Gasteiger partial charge in [0.1, 0.15) is 0 Å². The molecule has 1 amide bonds. The van der Waals surface area contributed by atoms with Gasteiger partial charge in [0.15, 0.2) is 0 Å². The number of halogens is 3. The second-order valence-electron chi connectivity index (χ2n) is 6.38. The van der Waals surface area contributed by atoms with Crippen molar-refractivity contribution >= 4 is 5.91 Å². The van der Waals surface area contributed by atoms with E-state index in [-0.39, 0.29) is 24.5 Å². The lowest BCUT2D eigenvalue weighted by Crippen LogP contribution is -2.47. The molecule has 126 valence electrons. The van der Waals surface area contributed by atoms with Gasteiger partial charge in [-0.2, -0.15) is 13.2 Å². The summed E-state index contributed by atoms with van der Waals surface area (Å²) in [6.45, 7) is 1.12. The molecule has 3 rings (SSSR count). The number of nitrogens with one attached hydrogen (secondary N) is 1. The van der Waals surface area contributed by atoms with Gasteiger partial charge in [-0.25, -0.2) is 0 Å². The van der Waals surface area contributed by atoms with Crippen LogP contribution in [0.2, 0.25) is 0 Å². The van der Waals surface area contributed by atoms with Crippen LogP contribution in [0.5, 0.6) is 0 Å². The minimum absolute atomic E-state index is 0.0563. The quantitative estimate of drug-likeness (QED) is 0.904. The number of fused-ring (bicyclic) bond motifs is 1. The van der Waals surface area contributed by atoms with Gasteiger partial charge in [-0.1, -0.05) is 18.6 Å². The van der Waals surface area contributed by atoms with Gasteiger partial charge < -0.3 is 10.2 Å². The van der Waals surface area contributed by atoms with Gasteiger partial charge in [0.25, 0.3) is 0 Å². The number of rotatable bonds is 2. The second-order valence-corrected chi connectivity index (χ2v) is 6.38. The predicted octanol–water partition coefficient (Wildman–Crippen LogP) is 3.34. The summed E-state index contributed by atoms with van der Waals surface area (Å²) in [5.74, 6) is 0.0563. The van der Waals surface area contributed by atoms with Crippen LogP contribution >= 0.6 is 0 Å². The van der Waals surface area contributed by atoms with E-state index >= 15 is 0 Å². The topological polar surface area (TPSA) is 32.3 Å². The molecule has 0 aromatic heterocycles. The molecule has 0 radical (unpaired) electrons. The zero-order valence-corrected chi connectivity index (χ0v) is 12.9. The first-order chi connectivity index (χ1) is 10.9. The summed E-state index contributed by atoms with van der Waals surface area (Å²) < 4.78 is 38.6. The molecule has 6 heteroatoms. The fourth-order valence-corrected chi connectivity index (χ4v) is 3.64. The van der Waals surface area contributed by atoms with Gasteiger partial charge >= 0.3 is 6.18 Å². The molecule has 1 aromatic rings. The van der Waals surface area contributed by atoms with E-state index in [0.717, 1.165) is 44.4 Å². The van der Waals surface area contributed by atoms with Gasteiger partial charge in [-0.15, -0.1) is 0 Å². The Bertz CT molecular complexity index is 573. The summed E-state index contributed by atoms with van der Waals surface area (Å²) in [6.07, 6.45) is -0.0948. The molecule has 0 spiro atoms. The highest BCUT2D eigenvalue weighted by molar-refractivity contribution is 5.76. The molecule has 0 aliphatic carbocycles. The van der Waals surface area contributed by atoms with E-state index < -0.39 is 11.7 Å². The monoisotopic (exact) mass is 326 g/mol. The van der Waals surface area contributed by atoms with E-state index in [2.05, 4.69) is 5.32 Å². The molecule has 1 N–H and O–H groups in total. The highest BCUT2D eigenvalue weighted by Crippen LogP contribution is 2.31. The van der Waals surface area contributed by atoms with Gasteiger partial charge in [0, 0.05) is 25.0 Å². The lowest BCUT2D eigenvalue weighted by Gasteiger charge is -2.35. The van der Waals surface area contributed by atoms with Crippen LogP contribution in [0.4, 0.5) is 13.2 Å². The van der Waals surface area contributed by atoms with E-state index in [1.54, 1.807) is 11.0 Å². The summed E-state index contributed by atoms with van der Waals surface area (Å²) in [7, 11) is 0. The number of carbonyl (C=O) groups is 1. The Morgan fingerprint density at radius 3 is 2.83 bits per heavy atom. The average Bonchev–Trinajstić information content (AvgIpc) is 2.94. The maximum Gasteiger partial charge on any atom is 0.416 e. The SMILES string of the molecule is O=C1CCCC[C@H]2NCC[C@H]2N1Cc1cccc(C(F)(F)F)c1. The summed E-state index contributed by atoms with van der Waals surface area (Å²) in [5, 5.41) is 3.42. The van der Waals surface area contributed by atoms with Crippen molar-refractivity contribution in [2.24, 2.45) is 0 Å². The molecule has 2 aliphatic rings. The number of hydrogen-bond acceptors (Lipinski definition) is 2. The third-order valence-electron chi connectivity index (χ3n) is 4.79. The summed E-state index contributed by atoms with van der Waals surface area (Å²) in [5.41, 5.74) is -0.116. The third kappa shape index (κ3) is 3.68. The Morgan fingerprint density at radius 1 is 1.22 bits per heavy atom. The molecule has 2 fully saturated rings. The van der Waals surface area contributed by atoms with Crippen molar-refractivity contribution in [3.63, 3.8) is 0 Å². The highest BCUT2D eigenvalue weighted by Gasteiger charge is 2.36. The normalized spacial score (nSPS) is 25.9. The highest BCUT2D eigenvalue weighted by atomic mass is 19.4. The number of nitrogens with zero attached hydrogens (tertiary/aromatic N) is 1. The molecule has 2 aliphatic heterocycles. The van der Waals surface area contributed by atoms with Crippen molar-refractivity contribution in [3.05, 3.63) is 35.4 Å². The van der Waals surface area contributed by atoms with E-state index in [4.69, 9.17) is 0 Å². The van der Waals surface area contributed by atoms with Crippen LogP contribution < -0.4 is 5.32 Å². The Kier molecular flexibility index (Phi) is 4.62. The van der Waals surface area contributed by atoms with Crippen molar-refractivity contribution in [2.75, 3.05) is 6.54 Å². The van der Waals surface area contributed by atoms with Crippen molar-refractivity contribution in [2.45, 2.75) is 56.9 Å². The van der Waals surface area contributed by atoms with Crippen LogP contribution in [-0.2, 0) is 17.5 Å². The standard InChI is InChI=1S/C17H21F3N2O/c18-17(19,20)13-5-3-4-12(10-13)11-22-15-8-9-21-14(15)6-1-2-7-16(22)23/h3-5,10,14-15,21H,1-2,6-9,11H2/t14-,15-/m1/s1. The first-order valence-electron chi connectivity index (χ1n) is 8.14. The predicted molar refractivity (Wildman–Crippen MR) is 80.7 cm³/mol. The Balaban J connectivity index is 1.82. The molecule has 0 unspecified atom stereocenters. The lowest BCUT2D eigenvalue weighted by molar-refractivity contribution is -0.137. The molecule has 2 heterocycles. The van der Waals surface area contributed by atoms with Crippen molar-refractivity contribution in [3.8, 4) is 0 Å². The van der Waals surface area contributed by atoms with Crippen molar-refractivity contribution < 1.29 is 18.0 Å². The third-order valence-corrected chi connectivity index (χ3v) is 4.79. The minimum Gasteiger partial charge on any atom is -0.334 e. The molecule has 2 atom stereocenters. The van der Waals surface area contributed by atoms with Crippen LogP contribution in [0.3, 0.4) is 0 Å². The van der Waals surface area contributed by atoms with Crippen LogP contribution in [0.15, 0.2) is 24.3 Å². The van der Waals surface area contributed by atoms with Crippen LogP contribution in [-0.4, -0.2) is 29.4 Å². The Morgan fingerprint density at radius 2 is 2.04 bits per heavy atom. The molecule has 2 saturated heterocycles. The fourth-order valence-electron chi connectivity index (χ4n) is 3.64. The number of alkyl halides is 3. The number of likely N-dealkylation sites (tertiary alicyclic amines) is 1. The van der Waals surface area contributed by atoms with E-state index in [1.807, 2.05) is 0 Å². The van der Waals surface area contributed by atoms with Crippen molar-refractivity contribution in [1.29, 1.82) is 0 Å². The number of amides is 1. The maximum atomic E-state index is 12.9. The van der Waals surface area contributed by atoms with E-state index in [1.165, 1.54) is 6.07 Å². The van der Waals surface area contributed by atoms with E-state index in [9.17, 15) is 18.0 Å². The molecule has 3 nitrogen and oxygen atoms in total. The Labute approximate surface area is 133 Å². The second kappa shape index (κ2) is 6.51. The average molecular weight is 326 g/mol. The number of hydrogen-bond donors (Lipinski definition) is 1. The molecule has 0 bridgehead atoms.